The number of aromatic nitrogens is 5. The second-order valence-electron chi connectivity index (χ2n) is 7.83. The molecule has 0 bridgehead atoms. The van der Waals surface area contributed by atoms with Crippen molar-refractivity contribution in [1.29, 1.82) is 0 Å². The highest BCUT2D eigenvalue weighted by molar-refractivity contribution is 6.30. The summed E-state index contributed by atoms with van der Waals surface area (Å²) < 4.78 is 3.35. The van der Waals surface area contributed by atoms with Crippen molar-refractivity contribution in [1.82, 2.24) is 24.1 Å². The van der Waals surface area contributed by atoms with Crippen molar-refractivity contribution >= 4 is 22.6 Å². The van der Waals surface area contributed by atoms with Gasteiger partial charge in [-0.1, -0.05) is 35.7 Å². The zero-order valence-corrected chi connectivity index (χ0v) is 19.9. The second-order valence-corrected chi connectivity index (χ2v) is 8.27. The fraction of sp³-hybridized carbons (Fsp3) is 0.111. The summed E-state index contributed by atoms with van der Waals surface area (Å²) in [6, 6.07) is 15.6. The lowest BCUT2D eigenvalue weighted by atomic mass is 10.00. The third-order valence-electron chi connectivity index (χ3n) is 5.41. The number of hydrogen-bond acceptors (Lipinski definition) is 5. The first-order valence-electron chi connectivity index (χ1n) is 10.7. The van der Waals surface area contributed by atoms with Gasteiger partial charge < -0.3 is 9.67 Å². The van der Waals surface area contributed by atoms with Crippen molar-refractivity contribution in [3.8, 4) is 23.6 Å². The number of pyridine rings is 3. The predicted octanol–water partition coefficient (Wildman–Crippen LogP) is 4.13. The maximum atomic E-state index is 12.4. The molecule has 0 aliphatic heterocycles. The summed E-state index contributed by atoms with van der Waals surface area (Å²) in [5.41, 5.74) is 3.22. The molecule has 174 valence electrons. The van der Waals surface area contributed by atoms with E-state index in [9.17, 15) is 9.90 Å². The van der Waals surface area contributed by atoms with Crippen molar-refractivity contribution in [2.24, 2.45) is 14.1 Å². The summed E-state index contributed by atoms with van der Waals surface area (Å²) in [4.78, 5) is 25.1. The molecule has 0 saturated heterocycles. The second kappa shape index (κ2) is 10.3. The van der Waals surface area contributed by atoms with Gasteiger partial charge in [-0.05, 0) is 35.9 Å². The largest absolute Gasteiger partial charge is 0.384 e. The van der Waals surface area contributed by atoms with Gasteiger partial charge in [-0.2, -0.15) is 0 Å². The lowest BCUT2D eigenvalue weighted by molar-refractivity contribution is 0.220. The van der Waals surface area contributed by atoms with E-state index in [1.807, 2.05) is 23.9 Å². The number of halogens is 1. The van der Waals surface area contributed by atoms with Crippen molar-refractivity contribution in [2.45, 2.75) is 6.10 Å². The van der Waals surface area contributed by atoms with Gasteiger partial charge in [-0.15, -0.1) is 6.42 Å². The highest BCUT2D eigenvalue weighted by atomic mass is 35.5. The number of benzene rings is 1. The molecule has 0 amide bonds. The third kappa shape index (κ3) is 5.30. The van der Waals surface area contributed by atoms with E-state index < -0.39 is 6.10 Å². The van der Waals surface area contributed by atoms with E-state index in [0.29, 0.717) is 44.1 Å². The minimum absolute atomic E-state index is 0.209. The number of rotatable bonds is 3. The lowest BCUT2D eigenvalue weighted by Crippen LogP contribution is -2.17. The molecule has 35 heavy (non-hydrogen) atoms. The Morgan fingerprint density at radius 3 is 2.49 bits per heavy atom. The van der Waals surface area contributed by atoms with Crippen molar-refractivity contribution in [2.75, 3.05) is 0 Å². The number of imidazole rings is 1. The van der Waals surface area contributed by atoms with Crippen LogP contribution in [0.4, 0.5) is 0 Å². The fourth-order valence-electron chi connectivity index (χ4n) is 3.53. The molecule has 1 unspecified atom stereocenters. The molecule has 4 heterocycles. The number of hydrogen-bond donors (Lipinski definition) is 1. The molecule has 0 aliphatic rings. The van der Waals surface area contributed by atoms with Crippen LogP contribution < -0.4 is 5.56 Å². The van der Waals surface area contributed by atoms with Crippen LogP contribution in [-0.2, 0) is 14.1 Å². The van der Waals surface area contributed by atoms with Crippen molar-refractivity contribution < 1.29 is 5.11 Å². The maximum absolute atomic E-state index is 12.4. The Morgan fingerprint density at radius 2 is 1.86 bits per heavy atom. The first-order valence-corrected chi connectivity index (χ1v) is 11.0. The molecule has 5 rings (SSSR count). The van der Waals surface area contributed by atoms with Crippen LogP contribution in [0.1, 0.15) is 22.9 Å². The lowest BCUT2D eigenvalue weighted by Gasteiger charge is -2.15. The summed E-state index contributed by atoms with van der Waals surface area (Å²) in [5.74, 6) is 2.51. The average molecular weight is 484 g/mol. The topological polar surface area (TPSA) is 85.8 Å². The molecule has 0 radical (unpaired) electrons. The number of fused-ring (bicyclic) bond motifs is 1. The molecule has 0 fully saturated rings. The summed E-state index contributed by atoms with van der Waals surface area (Å²) in [7, 11) is 3.59. The fourth-order valence-corrected chi connectivity index (χ4v) is 3.66. The van der Waals surface area contributed by atoms with E-state index in [0.717, 1.165) is 0 Å². The predicted molar refractivity (Wildman–Crippen MR) is 137 cm³/mol. The van der Waals surface area contributed by atoms with Crippen LogP contribution in [0, 0.1) is 12.3 Å². The minimum Gasteiger partial charge on any atom is -0.384 e. The highest BCUT2D eigenvalue weighted by Crippen LogP contribution is 2.29. The zero-order chi connectivity index (χ0) is 24.9. The monoisotopic (exact) mass is 483 g/mol. The molecule has 0 spiro atoms. The van der Waals surface area contributed by atoms with E-state index >= 15 is 0 Å². The molecule has 8 heteroatoms. The summed E-state index contributed by atoms with van der Waals surface area (Å²) in [6.07, 6.45) is 11.5. The summed E-state index contributed by atoms with van der Waals surface area (Å²) >= 11 is 5.94. The van der Waals surface area contributed by atoms with Crippen LogP contribution in [0.15, 0.2) is 84.3 Å². The Labute approximate surface area is 207 Å². The van der Waals surface area contributed by atoms with Gasteiger partial charge in [-0.25, -0.2) is 15.0 Å². The number of nitrogens with zero attached hydrogens (tertiary/aromatic N) is 5. The van der Waals surface area contributed by atoms with Crippen LogP contribution in [0.3, 0.4) is 0 Å². The van der Waals surface area contributed by atoms with Gasteiger partial charge >= 0.3 is 0 Å². The quantitative estimate of drug-likeness (QED) is 0.390. The van der Waals surface area contributed by atoms with E-state index in [4.69, 9.17) is 18.0 Å². The van der Waals surface area contributed by atoms with Gasteiger partial charge in [-0.3, -0.25) is 9.36 Å². The van der Waals surface area contributed by atoms with E-state index in [-0.39, 0.29) is 5.56 Å². The molecular formula is C27H22ClN5O2. The molecule has 1 N–H and O–H groups in total. The van der Waals surface area contributed by atoms with Gasteiger partial charge in [0.15, 0.2) is 0 Å². The van der Waals surface area contributed by atoms with Crippen molar-refractivity contribution in [3.63, 3.8) is 0 Å². The zero-order valence-electron chi connectivity index (χ0n) is 19.1. The highest BCUT2D eigenvalue weighted by Gasteiger charge is 2.16. The maximum Gasteiger partial charge on any atom is 0.252 e. The normalized spacial score (nSPS) is 11.4. The smallest absolute Gasteiger partial charge is 0.252 e. The van der Waals surface area contributed by atoms with E-state index in [1.165, 1.54) is 10.6 Å². The molecule has 4 aromatic heterocycles. The molecule has 0 aliphatic carbocycles. The van der Waals surface area contributed by atoms with Crippen LogP contribution in [0.2, 0.25) is 5.02 Å². The van der Waals surface area contributed by atoms with Gasteiger partial charge in [0, 0.05) is 60.3 Å². The van der Waals surface area contributed by atoms with Gasteiger partial charge in [0.25, 0.3) is 5.56 Å². The number of terminal acetylenes is 1. The minimum atomic E-state index is -0.890. The first kappa shape index (κ1) is 23.9. The first-order chi connectivity index (χ1) is 16.9. The Morgan fingerprint density at radius 1 is 1.09 bits per heavy atom. The molecule has 1 atom stereocenters. The Bertz CT molecular complexity index is 1570. The van der Waals surface area contributed by atoms with E-state index in [2.05, 4.69) is 20.9 Å². The Hall–Kier alpha value is -4.25. The van der Waals surface area contributed by atoms with Crippen LogP contribution in [0.25, 0.3) is 22.3 Å². The SMILES string of the molecule is C#Cc1cccc(-c2cc(=O)n(C)c3ncc(C(O)c4ccc(Cl)cc4)cc23)n1.Cn1ccnc1. The van der Waals surface area contributed by atoms with Crippen molar-refractivity contribution in [3.05, 3.63) is 112 Å². The van der Waals surface area contributed by atoms with E-state index in [1.54, 1.807) is 68.2 Å². The van der Waals surface area contributed by atoms with Gasteiger partial charge in [0.05, 0.1) is 12.0 Å². The average Bonchev–Trinajstić information content (AvgIpc) is 3.37. The standard InChI is InChI=1S/C23H16ClN3O2.C4H6N2/c1-3-17-5-4-6-20(26-17)18-12-21(28)27(2)23-19(18)11-15(13-25-23)22(29)14-7-9-16(24)10-8-14;1-6-3-2-5-4-6/h1,4-13,22,29H,2H3;2-4H,1H3. The molecule has 5 aromatic rings. The molecule has 0 saturated carbocycles. The van der Waals surface area contributed by atoms with Gasteiger partial charge in [0.1, 0.15) is 17.4 Å². The number of aliphatic hydroxyl groups excluding tert-OH is 1. The van der Waals surface area contributed by atoms with Crippen LogP contribution in [-0.4, -0.2) is 29.2 Å². The molecule has 7 nitrogen and oxygen atoms in total. The summed E-state index contributed by atoms with van der Waals surface area (Å²) in [5, 5.41) is 12.1. The Kier molecular flexibility index (Phi) is 7.06. The number of aliphatic hydroxyl groups is 1. The molecular weight excluding hydrogens is 462 g/mol. The summed E-state index contributed by atoms with van der Waals surface area (Å²) in [6.45, 7) is 0. The molecule has 1 aromatic carbocycles. The van der Waals surface area contributed by atoms with Crippen LogP contribution >= 0.6 is 11.6 Å². The third-order valence-corrected chi connectivity index (χ3v) is 5.66. The Balaban J connectivity index is 0.000000421. The van der Waals surface area contributed by atoms with Gasteiger partial charge in [0.2, 0.25) is 0 Å². The number of aryl methyl sites for hydroxylation is 2. The van der Waals surface area contributed by atoms with Crippen LogP contribution in [0.5, 0.6) is 0 Å².